The molecule has 1 N–H and O–H groups in total. The number of carbonyl (C=O) groups excluding carboxylic acids is 2. The maximum Gasteiger partial charge on any atom is 0.413 e. The van der Waals surface area contributed by atoms with Crippen LogP contribution in [0.2, 0.25) is 0 Å². The average molecular weight is 345 g/mol. The summed E-state index contributed by atoms with van der Waals surface area (Å²) in [6, 6.07) is 9.88. The molecule has 2 aromatic rings. The first-order valence-corrected chi connectivity index (χ1v) is 8.35. The van der Waals surface area contributed by atoms with Crippen LogP contribution in [0.3, 0.4) is 0 Å². The number of benzene rings is 1. The van der Waals surface area contributed by atoms with Crippen LogP contribution in [0.25, 0.3) is 0 Å². The second-order valence-corrected chi connectivity index (χ2v) is 6.92. The van der Waals surface area contributed by atoms with E-state index in [4.69, 9.17) is 4.74 Å². The topological polar surface area (TPSA) is 81.2 Å². The summed E-state index contributed by atoms with van der Waals surface area (Å²) in [5, 5.41) is 2.97. The second kappa shape index (κ2) is 7.92. The Balaban J connectivity index is 2.09. The zero-order valence-corrected chi connectivity index (χ0v) is 14.6. The fraction of sp³-hybridized carbons (Fsp3) is 0.294. The summed E-state index contributed by atoms with van der Waals surface area (Å²) in [6.07, 6.45) is 1.32. The number of nitrogens with zero attached hydrogens (tertiary/aromatic N) is 2. The third-order valence-electron chi connectivity index (χ3n) is 2.75. The molecule has 0 unspecified atom stereocenters. The van der Waals surface area contributed by atoms with Crippen LogP contribution in [0.1, 0.15) is 36.7 Å². The zero-order chi connectivity index (χ0) is 17.6. The Morgan fingerprint density at radius 3 is 2.62 bits per heavy atom. The molecule has 1 heterocycles. The third kappa shape index (κ3) is 5.66. The molecule has 0 aliphatic heterocycles. The van der Waals surface area contributed by atoms with Crippen molar-refractivity contribution in [3.8, 4) is 0 Å². The van der Waals surface area contributed by atoms with Gasteiger partial charge in [-0.2, -0.15) is 0 Å². The van der Waals surface area contributed by atoms with Crippen molar-refractivity contribution in [2.24, 2.45) is 0 Å². The summed E-state index contributed by atoms with van der Waals surface area (Å²) in [7, 11) is 0. The van der Waals surface area contributed by atoms with Crippen molar-refractivity contribution in [3.63, 3.8) is 0 Å². The molecule has 0 aliphatic rings. The molecule has 0 aliphatic carbocycles. The van der Waals surface area contributed by atoms with Crippen molar-refractivity contribution < 1.29 is 14.3 Å². The van der Waals surface area contributed by atoms with Gasteiger partial charge in [0.25, 0.3) is 0 Å². The van der Waals surface area contributed by atoms with Gasteiger partial charge >= 0.3 is 6.09 Å². The lowest BCUT2D eigenvalue weighted by Crippen LogP contribution is -2.28. The van der Waals surface area contributed by atoms with Gasteiger partial charge in [0.1, 0.15) is 5.60 Å². The molecule has 1 aromatic carbocycles. The van der Waals surface area contributed by atoms with E-state index in [9.17, 15) is 9.59 Å². The first-order chi connectivity index (χ1) is 11.4. The van der Waals surface area contributed by atoms with Crippen LogP contribution in [0.5, 0.6) is 0 Å². The summed E-state index contributed by atoms with van der Waals surface area (Å²) in [6.45, 7) is 5.27. The summed E-state index contributed by atoms with van der Waals surface area (Å²) in [5.74, 6) is 0.831. The van der Waals surface area contributed by atoms with Gasteiger partial charge < -0.3 is 4.74 Å². The summed E-state index contributed by atoms with van der Waals surface area (Å²) in [4.78, 5) is 31.3. The van der Waals surface area contributed by atoms with Crippen LogP contribution in [0.15, 0.2) is 41.7 Å². The van der Waals surface area contributed by atoms with E-state index in [0.29, 0.717) is 17.2 Å². The monoisotopic (exact) mass is 345 g/mol. The number of carbonyl (C=O) groups is 2. The number of aldehydes is 1. The van der Waals surface area contributed by atoms with Gasteiger partial charge in [0.2, 0.25) is 0 Å². The van der Waals surface area contributed by atoms with E-state index in [1.807, 2.05) is 30.3 Å². The number of anilines is 1. The van der Waals surface area contributed by atoms with Crippen LogP contribution in [-0.2, 0) is 10.5 Å². The molecule has 0 atom stereocenters. The van der Waals surface area contributed by atoms with Gasteiger partial charge in [-0.25, -0.2) is 14.8 Å². The maximum absolute atomic E-state index is 11.9. The number of rotatable bonds is 5. The van der Waals surface area contributed by atoms with Crippen LogP contribution < -0.4 is 5.32 Å². The van der Waals surface area contributed by atoms with E-state index in [2.05, 4.69) is 15.3 Å². The highest BCUT2D eigenvalue weighted by atomic mass is 32.2. The normalized spacial score (nSPS) is 11.0. The Kier molecular flexibility index (Phi) is 5.92. The van der Waals surface area contributed by atoms with Crippen LogP contribution in [0.4, 0.5) is 10.6 Å². The quantitative estimate of drug-likeness (QED) is 0.502. The lowest BCUT2D eigenvalue weighted by molar-refractivity contribution is 0.0635. The number of nitrogens with one attached hydrogen (secondary N) is 1. The Hall–Kier alpha value is -2.41. The number of ether oxygens (including phenoxy) is 1. The van der Waals surface area contributed by atoms with Crippen molar-refractivity contribution in [3.05, 3.63) is 47.7 Å². The minimum atomic E-state index is -0.664. The van der Waals surface area contributed by atoms with Crippen molar-refractivity contribution in [2.75, 3.05) is 5.32 Å². The molecule has 1 aromatic heterocycles. The molecule has 0 bridgehead atoms. The van der Waals surface area contributed by atoms with Gasteiger partial charge in [0, 0.05) is 11.9 Å². The molecule has 0 fully saturated rings. The van der Waals surface area contributed by atoms with Crippen molar-refractivity contribution in [1.82, 2.24) is 9.97 Å². The Morgan fingerprint density at radius 1 is 1.29 bits per heavy atom. The molecule has 2 rings (SSSR count). The highest BCUT2D eigenvalue weighted by Crippen LogP contribution is 2.22. The molecule has 126 valence electrons. The number of aromatic nitrogens is 2. The largest absolute Gasteiger partial charge is 0.444 e. The summed E-state index contributed by atoms with van der Waals surface area (Å²) >= 11 is 1.42. The van der Waals surface area contributed by atoms with Crippen LogP contribution in [0, 0.1) is 0 Å². The van der Waals surface area contributed by atoms with E-state index < -0.39 is 11.7 Å². The van der Waals surface area contributed by atoms with Gasteiger partial charge in [-0.05, 0) is 26.3 Å². The molecule has 24 heavy (non-hydrogen) atoms. The van der Waals surface area contributed by atoms with E-state index in [0.717, 1.165) is 5.56 Å². The van der Waals surface area contributed by atoms with E-state index >= 15 is 0 Å². The van der Waals surface area contributed by atoms with Crippen molar-refractivity contribution in [1.29, 1.82) is 0 Å². The Bertz CT molecular complexity index is 715. The molecule has 7 heteroatoms. The lowest BCUT2D eigenvalue weighted by Gasteiger charge is -2.19. The Morgan fingerprint density at radius 2 is 2.00 bits per heavy atom. The molecule has 0 saturated carbocycles. The minimum absolute atomic E-state index is 0.143. The number of hydrogen-bond acceptors (Lipinski definition) is 6. The first kappa shape index (κ1) is 17.9. The summed E-state index contributed by atoms with van der Waals surface area (Å²) in [5.41, 5.74) is 0.695. The van der Waals surface area contributed by atoms with Crippen LogP contribution >= 0.6 is 11.8 Å². The Labute approximate surface area is 145 Å². The second-order valence-electron chi connectivity index (χ2n) is 5.98. The fourth-order valence-electron chi connectivity index (χ4n) is 1.75. The zero-order valence-electron chi connectivity index (χ0n) is 13.8. The standard InChI is InChI=1S/C17H19N3O3S/c1-17(2,3)23-16(22)20-14-13(10-21)9-18-15(19-14)24-11-12-7-5-4-6-8-12/h4-10H,11H2,1-3H3,(H,18,19,20,22). The SMILES string of the molecule is CC(C)(C)OC(=O)Nc1nc(SCc2ccccc2)ncc1C=O. The molecular formula is C17H19N3O3S. The minimum Gasteiger partial charge on any atom is -0.444 e. The van der Waals surface area contributed by atoms with E-state index in [1.54, 1.807) is 20.8 Å². The number of thioether (sulfide) groups is 1. The van der Waals surface area contributed by atoms with Crippen molar-refractivity contribution >= 4 is 30.0 Å². The van der Waals surface area contributed by atoms with Gasteiger partial charge in [0.15, 0.2) is 17.3 Å². The summed E-state index contributed by atoms with van der Waals surface area (Å²) < 4.78 is 5.18. The highest BCUT2D eigenvalue weighted by molar-refractivity contribution is 7.98. The van der Waals surface area contributed by atoms with Crippen LogP contribution in [-0.4, -0.2) is 27.9 Å². The van der Waals surface area contributed by atoms with Crippen molar-refractivity contribution in [2.45, 2.75) is 37.3 Å². The fourth-order valence-corrected chi connectivity index (χ4v) is 2.52. The predicted molar refractivity (Wildman–Crippen MR) is 93.3 cm³/mol. The maximum atomic E-state index is 11.9. The molecule has 1 amide bonds. The van der Waals surface area contributed by atoms with Gasteiger partial charge in [-0.15, -0.1) is 0 Å². The predicted octanol–water partition coefficient (Wildman–Crippen LogP) is 3.93. The molecule has 6 nitrogen and oxygen atoms in total. The van der Waals surface area contributed by atoms with Gasteiger partial charge in [0.05, 0.1) is 5.56 Å². The average Bonchev–Trinajstić information content (AvgIpc) is 2.52. The van der Waals surface area contributed by atoms with E-state index in [1.165, 1.54) is 18.0 Å². The van der Waals surface area contributed by atoms with Gasteiger partial charge in [-0.3, -0.25) is 10.1 Å². The molecular weight excluding hydrogens is 326 g/mol. The lowest BCUT2D eigenvalue weighted by atomic mass is 10.2. The molecule has 0 saturated heterocycles. The first-order valence-electron chi connectivity index (χ1n) is 7.36. The number of amides is 1. The number of hydrogen-bond donors (Lipinski definition) is 1. The molecule has 0 spiro atoms. The smallest absolute Gasteiger partial charge is 0.413 e. The molecule has 0 radical (unpaired) electrons. The third-order valence-corrected chi connectivity index (χ3v) is 3.68. The van der Waals surface area contributed by atoms with Gasteiger partial charge in [-0.1, -0.05) is 42.1 Å². The van der Waals surface area contributed by atoms with E-state index in [-0.39, 0.29) is 11.4 Å². The highest BCUT2D eigenvalue weighted by Gasteiger charge is 2.18.